The van der Waals surface area contributed by atoms with Gasteiger partial charge < -0.3 is 14.8 Å². The van der Waals surface area contributed by atoms with Crippen LogP contribution in [0.25, 0.3) is 6.08 Å². The SMILES string of the molecule is Cc1ccc(/C=C/C(=O)OC(C)C(=O)Nc2ccccc2OC(F)F)cc1. The van der Waals surface area contributed by atoms with E-state index in [4.69, 9.17) is 4.74 Å². The summed E-state index contributed by atoms with van der Waals surface area (Å²) in [6, 6.07) is 13.2. The fourth-order valence-corrected chi connectivity index (χ4v) is 2.11. The number of nitrogens with one attached hydrogen (secondary N) is 1. The Labute approximate surface area is 155 Å². The number of para-hydroxylation sites is 2. The van der Waals surface area contributed by atoms with Gasteiger partial charge in [0.15, 0.2) is 6.10 Å². The Morgan fingerprint density at radius 2 is 1.74 bits per heavy atom. The number of carbonyl (C=O) groups excluding carboxylic acids is 2. The lowest BCUT2D eigenvalue weighted by Crippen LogP contribution is -2.29. The highest BCUT2D eigenvalue weighted by Crippen LogP contribution is 2.25. The number of amides is 1. The van der Waals surface area contributed by atoms with Gasteiger partial charge in [0.05, 0.1) is 5.69 Å². The number of aryl methyl sites for hydroxylation is 1. The third-order valence-electron chi connectivity index (χ3n) is 3.51. The molecule has 1 atom stereocenters. The minimum Gasteiger partial charge on any atom is -0.449 e. The van der Waals surface area contributed by atoms with Crippen molar-refractivity contribution >= 4 is 23.6 Å². The fourth-order valence-electron chi connectivity index (χ4n) is 2.11. The Kier molecular flexibility index (Phi) is 7.05. The van der Waals surface area contributed by atoms with E-state index in [-0.39, 0.29) is 11.4 Å². The molecule has 0 aliphatic heterocycles. The van der Waals surface area contributed by atoms with E-state index < -0.39 is 24.6 Å². The van der Waals surface area contributed by atoms with E-state index in [1.807, 2.05) is 31.2 Å². The van der Waals surface area contributed by atoms with Crippen molar-refractivity contribution in [3.8, 4) is 5.75 Å². The molecule has 0 saturated carbocycles. The first-order valence-electron chi connectivity index (χ1n) is 8.15. The summed E-state index contributed by atoms with van der Waals surface area (Å²) in [4.78, 5) is 24.0. The number of anilines is 1. The maximum absolute atomic E-state index is 12.4. The Hall–Kier alpha value is -3.22. The van der Waals surface area contributed by atoms with Gasteiger partial charge in [-0.3, -0.25) is 4.79 Å². The molecule has 0 saturated heterocycles. The number of alkyl halides is 2. The minimum absolute atomic E-state index is 0.0564. The Balaban J connectivity index is 1.93. The monoisotopic (exact) mass is 375 g/mol. The van der Waals surface area contributed by atoms with Crippen LogP contribution in [0.1, 0.15) is 18.1 Å². The molecule has 0 heterocycles. The first kappa shape index (κ1) is 20.1. The smallest absolute Gasteiger partial charge is 0.387 e. The van der Waals surface area contributed by atoms with Crippen LogP contribution in [-0.2, 0) is 14.3 Å². The highest BCUT2D eigenvalue weighted by atomic mass is 19.3. The molecule has 1 amide bonds. The summed E-state index contributed by atoms with van der Waals surface area (Å²) in [5.41, 5.74) is 1.96. The van der Waals surface area contributed by atoms with Crippen LogP contribution in [-0.4, -0.2) is 24.6 Å². The predicted molar refractivity (Wildman–Crippen MR) is 97.5 cm³/mol. The van der Waals surface area contributed by atoms with Gasteiger partial charge in [0, 0.05) is 6.08 Å². The van der Waals surface area contributed by atoms with Crippen molar-refractivity contribution in [2.75, 3.05) is 5.32 Å². The van der Waals surface area contributed by atoms with Gasteiger partial charge in [0.2, 0.25) is 0 Å². The van der Waals surface area contributed by atoms with E-state index in [1.165, 1.54) is 31.2 Å². The molecule has 5 nitrogen and oxygen atoms in total. The number of carbonyl (C=O) groups is 2. The van der Waals surface area contributed by atoms with Gasteiger partial charge in [-0.1, -0.05) is 42.0 Å². The fraction of sp³-hybridized carbons (Fsp3) is 0.200. The maximum atomic E-state index is 12.4. The second-order valence-corrected chi connectivity index (χ2v) is 5.69. The molecule has 27 heavy (non-hydrogen) atoms. The van der Waals surface area contributed by atoms with Crippen LogP contribution in [0.3, 0.4) is 0 Å². The van der Waals surface area contributed by atoms with E-state index in [2.05, 4.69) is 10.1 Å². The van der Waals surface area contributed by atoms with Crippen molar-refractivity contribution in [3.63, 3.8) is 0 Å². The summed E-state index contributed by atoms with van der Waals surface area (Å²) in [6.45, 7) is 0.306. The van der Waals surface area contributed by atoms with Crippen LogP contribution >= 0.6 is 0 Å². The largest absolute Gasteiger partial charge is 0.449 e. The number of hydrogen-bond donors (Lipinski definition) is 1. The number of esters is 1. The highest BCUT2D eigenvalue weighted by Gasteiger charge is 2.19. The quantitative estimate of drug-likeness (QED) is 0.582. The molecule has 2 aromatic carbocycles. The van der Waals surface area contributed by atoms with Crippen molar-refractivity contribution in [3.05, 3.63) is 65.7 Å². The average molecular weight is 375 g/mol. The summed E-state index contributed by atoms with van der Waals surface area (Å²) < 4.78 is 34.2. The molecule has 0 spiro atoms. The zero-order chi connectivity index (χ0) is 19.8. The van der Waals surface area contributed by atoms with Gasteiger partial charge in [-0.15, -0.1) is 0 Å². The zero-order valence-electron chi connectivity index (χ0n) is 14.8. The normalized spacial score (nSPS) is 12.0. The maximum Gasteiger partial charge on any atom is 0.387 e. The molecule has 0 aliphatic rings. The van der Waals surface area contributed by atoms with Crippen molar-refractivity contribution in [1.29, 1.82) is 0 Å². The van der Waals surface area contributed by atoms with Crippen LogP contribution in [0.4, 0.5) is 14.5 Å². The lowest BCUT2D eigenvalue weighted by atomic mass is 10.1. The van der Waals surface area contributed by atoms with Crippen LogP contribution in [0.5, 0.6) is 5.75 Å². The molecule has 7 heteroatoms. The first-order valence-corrected chi connectivity index (χ1v) is 8.15. The van der Waals surface area contributed by atoms with Crippen LogP contribution in [0.15, 0.2) is 54.6 Å². The molecule has 142 valence electrons. The summed E-state index contributed by atoms with van der Waals surface area (Å²) in [5.74, 6) is -1.55. The molecule has 0 fully saturated rings. The number of benzene rings is 2. The minimum atomic E-state index is -3.02. The molecule has 0 bridgehead atoms. The molecule has 2 rings (SSSR count). The summed E-state index contributed by atoms with van der Waals surface area (Å²) >= 11 is 0. The number of hydrogen-bond acceptors (Lipinski definition) is 4. The van der Waals surface area contributed by atoms with Crippen LogP contribution in [0, 0.1) is 6.92 Å². The van der Waals surface area contributed by atoms with Crippen molar-refractivity contribution in [2.45, 2.75) is 26.6 Å². The van der Waals surface area contributed by atoms with Crippen molar-refractivity contribution in [1.82, 2.24) is 0 Å². The summed E-state index contributed by atoms with van der Waals surface area (Å²) in [6.07, 6.45) is 1.65. The lowest BCUT2D eigenvalue weighted by molar-refractivity contribution is -0.148. The van der Waals surface area contributed by atoms with Crippen molar-refractivity contribution < 1.29 is 27.8 Å². The number of ether oxygens (including phenoxy) is 2. The molecular formula is C20H19F2NO4. The molecule has 1 N–H and O–H groups in total. The van der Waals surface area contributed by atoms with Crippen molar-refractivity contribution in [2.24, 2.45) is 0 Å². The highest BCUT2D eigenvalue weighted by molar-refractivity contribution is 5.97. The van der Waals surface area contributed by atoms with Crippen LogP contribution in [0.2, 0.25) is 0 Å². The third-order valence-corrected chi connectivity index (χ3v) is 3.51. The molecule has 2 aromatic rings. The van der Waals surface area contributed by atoms with Crippen LogP contribution < -0.4 is 10.1 Å². The number of halogens is 2. The summed E-state index contributed by atoms with van der Waals surface area (Å²) in [7, 11) is 0. The molecule has 0 aromatic heterocycles. The number of rotatable bonds is 7. The van der Waals surface area contributed by atoms with Gasteiger partial charge in [0.25, 0.3) is 5.91 Å². The lowest BCUT2D eigenvalue weighted by Gasteiger charge is -2.15. The molecular weight excluding hydrogens is 356 g/mol. The van der Waals surface area contributed by atoms with E-state index >= 15 is 0 Å². The van der Waals surface area contributed by atoms with Gasteiger partial charge in [-0.25, -0.2) is 4.79 Å². The Morgan fingerprint density at radius 1 is 1.07 bits per heavy atom. The van der Waals surface area contributed by atoms with E-state index in [0.717, 1.165) is 11.1 Å². The predicted octanol–water partition coefficient (Wildman–Crippen LogP) is 4.18. The Morgan fingerprint density at radius 3 is 2.41 bits per heavy atom. The van der Waals surface area contributed by atoms with E-state index in [1.54, 1.807) is 12.1 Å². The zero-order valence-corrected chi connectivity index (χ0v) is 14.8. The topological polar surface area (TPSA) is 64.6 Å². The molecule has 1 unspecified atom stereocenters. The first-order chi connectivity index (χ1) is 12.8. The van der Waals surface area contributed by atoms with E-state index in [0.29, 0.717) is 0 Å². The van der Waals surface area contributed by atoms with Gasteiger partial charge in [-0.05, 0) is 37.6 Å². The van der Waals surface area contributed by atoms with Gasteiger partial charge >= 0.3 is 12.6 Å². The molecule has 0 radical (unpaired) electrons. The average Bonchev–Trinajstić information content (AvgIpc) is 2.62. The molecule has 0 aliphatic carbocycles. The van der Waals surface area contributed by atoms with Gasteiger partial charge in [-0.2, -0.15) is 8.78 Å². The second kappa shape index (κ2) is 9.47. The Bertz CT molecular complexity index is 819. The van der Waals surface area contributed by atoms with E-state index in [9.17, 15) is 18.4 Å². The summed E-state index contributed by atoms with van der Waals surface area (Å²) in [5, 5.41) is 2.40. The third kappa shape index (κ3) is 6.54. The van der Waals surface area contributed by atoms with Gasteiger partial charge in [0.1, 0.15) is 5.75 Å². The standard InChI is InChI=1S/C20H19F2NO4/c1-13-7-9-15(10-8-13)11-12-18(24)26-14(2)19(25)23-16-5-3-4-6-17(16)27-20(21)22/h3-12,14,20H,1-2H3,(H,23,25)/b12-11+. The second-order valence-electron chi connectivity index (χ2n) is 5.69.